The molecule has 0 bridgehead atoms. The Morgan fingerprint density at radius 1 is 1.50 bits per heavy atom. The maximum Gasteiger partial charge on any atom is 0.170 e. The van der Waals surface area contributed by atoms with Crippen molar-refractivity contribution in [1.29, 1.82) is 0 Å². The molecule has 0 fully saturated rings. The van der Waals surface area contributed by atoms with Crippen molar-refractivity contribution in [2.45, 2.75) is 19.9 Å². The van der Waals surface area contributed by atoms with Gasteiger partial charge in [-0.25, -0.2) is 9.37 Å². The molecule has 0 aliphatic rings. The monoisotopic (exact) mass is 247 g/mol. The normalized spacial score (nSPS) is 10.6. The standard InChI is InChI=1S/C13H14FN3O/c1-2-17-6-5-16-13(17)8-12(18)9-3-4-11(15)10(14)7-9/h3-7H,2,8,15H2,1H3. The minimum absolute atomic E-state index is 0.0432. The minimum Gasteiger partial charge on any atom is -0.396 e. The van der Waals surface area contributed by atoms with E-state index in [2.05, 4.69) is 4.98 Å². The van der Waals surface area contributed by atoms with Crippen LogP contribution in [0.5, 0.6) is 0 Å². The first-order chi connectivity index (χ1) is 8.61. The van der Waals surface area contributed by atoms with Crippen LogP contribution in [0.2, 0.25) is 0 Å². The molecule has 18 heavy (non-hydrogen) atoms. The average molecular weight is 247 g/mol. The van der Waals surface area contributed by atoms with E-state index in [0.717, 1.165) is 12.6 Å². The van der Waals surface area contributed by atoms with E-state index in [9.17, 15) is 9.18 Å². The summed E-state index contributed by atoms with van der Waals surface area (Å²) in [6, 6.07) is 4.09. The van der Waals surface area contributed by atoms with E-state index in [-0.39, 0.29) is 17.9 Å². The predicted octanol–water partition coefficient (Wildman–Crippen LogP) is 2.05. The van der Waals surface area contributed by atoms with Crippen LogP contribution in [-0.4, -0.2) is 15.3 Å². The van der Waals surface area contributed by atoms with Crippen LogP contribution in [0.4, 0.5) is 10.1 Å². The summed E-state index contributed by atoms with van der Waals surface area (Å²) in [5, 5.41) is 0. The molecule has 94 valence electrons. The van der Waals surface area contributed by atoms with Gasteiger partial charge in [-0.05, 0) is 25.1 Å². The molecule has 0 saturated heterocycles. The summed E-state index contributed by atoms with van der Waals surface area (Å²) in [4.78, 5) is 16.1. The van der Waals surface area contributed by atoms with Crippen LogP contribution in [0.15, 0.2) is 30.6 Å². The van der Waals surface area contributed by atoms with Gasteiger partial charge in [0.15, 0.2) is 5.78 Å². The van der Waals surface area contributed by atoms with E-state index >= 15 is 0 Å². The van der Waals surface area contributed by atoms with Crippen LogP contribution in [0.25, 0.3) is 0 Å². The molecule has 0 radical (unpaired) electrons. The number of aryl methyl sites for hydroxylation is 1. The predicted molar refractivity (Wildman–Crippen MR) is 66.7 cm³/mol. The van der Waals surface area contributed by atoms with E-state index in [4.69, 9.17) is 5.73 Å². The van der Waals surface area contributed by atoms with Crippen LogP contribution in [0, 0.1) is 5.82 Å². The van der Waals surface area contributed by atoms with Crippen molar-refractivity contribution in [1.82, 2.24) is 9.55 Å². The summed E-state index contributed by atoms with van der Waals surface area (Å²) in [6.45, 7) is 2.72. The van der Waals surface area contributed by atoms with Crippen LogP contribution in [-0.2, 0) is 13.0 Å². The number of halogens is 1. The van der Waals surface area contributed by atoms with Crippen molar-refractivity contribution in [2.24, 2.45) is 0 Å². The van der Waals surface area contributed by atoms with Gasteiger partial charge < -0.3 is 10.3 Å². The lowest BCUT2D eigenvalue weighted by Crippen LogP contribution is -2.10. The Kier molecular flexibility index (Phi) is 3.41. The number of carbonyl (C=O) groups is 1. The van der Waals surface area contributed by atoms with Gasteiger partial charge in [0, 0.05) is 24.5 Å². The first-order valence-corrected chi connectivity index (χ1v) is 5.70. The third-order valence-corrected chi connectivity index (χ3v) is 2.78. The third kappa shape index (κ3) is 2.40. The molecule has 1 aromatic heterocycles. The van der Waals surface area contributed by atoms with Crippen LogP contribution >= 0.6 is 0 Å². The number of nitrogens with two attached hydrogens (primary N) is 1. The number of ketones is 1. The quantitative estimate of drug-likeness (QED) is 0.664. The number of nitrogen functional groups attached to an aromatic ring is 1. The second-order valence-electron chi connectivity index (χ2n) is 3.97. The molecule has 1 heterocycles. The maximum absolute atomic E-state index is 13.3. The number of rotatable bonds is 4. The number of carbonyl (C=O) groups excluding carboxylic acids is 1. The number of anilines is 1. The van der Waals surface area contributed by atoms with E-state index in [1.54, 1.807) is 6.20 Å². The zero-order valence-electron chi connectivity index (χ0n) is 10.1. The molecule has 0 atom stereocenters. The van der Waals surface area contributed by atoms with E-state index in [1.165, 1.54) is 12.1 Å². The Bertz CT molecular complexity index is 577. The van der Waals surface area contributed by atoms with E-state index < -0.39 is 5.82 Å². The van der Waals surface area contributed by atoms with E-state index in [1.807, 2.05) is 17.7 Å². The van der Waals surface area contributed by atoms with Gasteiger partial charge in [0.05, 0.1) is 12.1 Å². The number of hydrogen-bond acceptors (Lipinski definition) is 3. The minimum atomic E-state index is -0.570. The van der Waals surface area contributed by atoms with Crippen molar-refractivity contribution in [3.63, 3.8) is 0 Å². The van der Waals surface area contributed by atoms with Gasteiger partial charge >= 0.3 is 0 Å². The van der Waals surface area contributed by atoms with Crippen molar-refractivity contribution in [3.05, 3.63) is 47.8 Å². The number of imidazole rings is 1. The van der Waals surface area contributed by atoms with Gasteiger partial charge in [0.2, 0.25) is 0 Å². The molecule has 4 nitrogen and oxygen atoms in total. The van der Waals surface area contributed by atoms with Crippen LogP contribution in [0.1, 0.15) is 23.1 Å². The number of nitrogens with zero attached hydrogens (tertiary/aromatic N) is 2. The average Bonchev–Trinajstić information content (AvgIpc) is 2.79. The fourth-order valence-electron chi connectivity index (χ4n) is 1.74. The Morgan fingerprint density at radius 2 is 2.28 bits per heavy atom. The summed E-state index contributed by atoms with van der Waals surface area (Å²) >= 11 is 0. The smallest absolute Gasteiger partial charge is 0.170 e. The molecular formula is C13H14FN3O. The van der Waals surface area contributed by atoms with Gasteiger partial charge in [-0.1, -0.05) is 0 Å². The summed E-state index contributed by atoms with van der Waals surface area (Å²) in [5.74, 6) is -0.0609. The summed E-state index contributed by atoms with van der Waals surface area (Å²) in [7, 11) is 0. The number of aromatic nitrogens is 2. The second-order valence-corrected chi connectivity index (χ2v) is 3.97. The molecule has 0 spiro atoms. The highest BCUT2D eigenvalue weighted by atomic mass is 19.1. The first-order valence-electron chi connectivity index (χ1n) is 5.70. The van der Waals surface area contributed by atoms with Gasteiger partial charge in [-0.3, -0.25) is 4.79 Å². The van der Waals surface area contributed by atoms with Crippen molar-refractivity contribution in [2.75, 3.05) is 5.73 Å². The highest BCUT2D eigenvalue weighted by Crippen LogP contribution is 2.14. The molecule has 2 N–H and O–H groups in total. The molecule has 0 amide bonds. The molecular weight excluding hydrogens is 233 g/mol. The molecule has 1 aromatic carbocycles. The van der Waals surface area contributed by atoms with Crippen LogP contribution in [0.3, 0.4) is 0 Å². The fourth-order valence-corrected chi connectivity index (χ4v) is 1.74. The summed E-state index contributed by atoms with van der Waals surface area (Å²) < 4.78 is 15.1. The zero-order valence-corrected chi connectivity index (χ0v) is 10.1. The fraction of sp³-hybridized carbons (Fsp3) is 0.231. The van der Waals surface area contributed by atoms with Gasteiger partial charge in [0.1, 0.15) is 11.6 Å². The lowest BCUT2D eigenvalue weighted by Gasteiger charge is -2.05. The van der Waals surface area contributed by atoms with Crippen LogP contribution < -0.4 is 5.73 Å². The van der Waals surface area contributed by atoms with E-state index in [0.29, 0.717) is 11.4 Å². The Labute approximate surface area is 104 Å². The van der Waals surface area contributed by atoms with Crippen molar-refractivity contribution < 1.29 is 9.18 Å². The first kappa shape index (κ1) is 12.3. The molecule has 5 heteroatoms. The molecule has 0 unspecified atom stereocenters. The SMILES string of the molecule is CCn1ccnc1CC(=O)c1ccc(N)c(F)c1. The van der Waals surface area contributed by atoms with Crippen molar-refractivity contribution in [3.8, 4) is 0 Å². The zero-order chi connectivity index (χ0) is 13.1. The molecule has 0 aliphatic heterocycles. The van der Waals surface area contributed by atoms with Gasteiger partial charge in [-0.15, -0.1) is 0 Å². The third-order valence-electron chi connectivity index (χ3n) is 2.78. The number of hydrogen-bond donors (Lipinski definition) is 1. The topological polar surface area (TPSA) is 60.9 Å². The number of Topliss-reactive ketones (excluding diaryl/α,β-unsaturated/α-hetero) is 1. The highest BCUT2D eigenvalue weighted by molar-refractivity contribution is 5.97. The molecule has 2 aromatic rings. The Morgan fingerprint density at radius 3 is 2.94 bits per heavy atom. The number of benzene rings is 1. The summed E-state index contributed by atoms with van der Waals surface area (Å²) in [5.41, 5.74) is 5.72. The molecule has 0 saturated carbocycles. The Balaban J connectivity index is 2.19. The van der Waals surface area contributed by atoms with Gasteiger partial charge in [-0.2, -0.15) is 0 Å². The highest BCUT2D eigenvalue weighted by Gasteiger charge is 2.12. The summed E-state index contributed by atoms with van der Waals surface area (Å²) in [6.07, 6.45) is 3.62. The largest absolute Gasteiger partial charge is 0.396 e. The Hall–Kier alpha value is -2.17. The lowest BCUT2D eigenvalue weighted by molar-refractivity contribution is 0.0989. The molecule has 2 rings (SSSR count). The lowest BCUT2D eigenvalue weighted by atomic mass is 10.1. The van der Waals surface area contributed by atoms with Crippen molar-refractivity contribution >= 4 is 11.5 Å². The van der Waals surface area contributed by atoms with Gasteiger partial charge in [0.25, 0.3) is 0 Å². The maximum atomic E-state index is 13.3. The molecule has 0 aliphatic carbocycles. The second kappa shape index (κ2) is 5.00.